The van der Waals surface area contributed by atoms with Crippen molar-refractivity contribution < 1.29 is 14.2 Å². The molecular weight excluding hydrogens is 430 g/mol. The SMILES string of the molecule is COc1cc2c(c(OC)c1)C(c1c[nH]c3ccccc13)c1cc(Br)ccc1OC2. The molecule has 5 rings (SSSR count). The van der Waals surface area contributed by atoms with Gasteiger partial charge >= 0.3 is 0 Å². The number of nitrogens with one attached hydrogen (secondary N) is 1. The van der Waals surface area contributed by atoms with Crippen molar-refractivity contribution in [2.24, 2.45) is 0 Å². The Kier molecular flexibility index (Phi) is 4.47. The molecular formula is C24H20BrNO3. The van der Waals surface area contributed by atoms with Gasteiger partial charge < -0.3 is 19.2 Å². The van der Waals surface area contributed by atoms with Gasteiger partial charge in [0.1, 0.15) is 23.9 Å². The number of halogens is 1. The molecule has 0 amide bonds. The lowest BCUT2D eigenvalue weighted by Gasteiger charge is -2.22. The number of H-pyrrole nitrogens is 1. The smallest absolute Gasteiger partial charge is 0.127 e. The molecule has 1 unspecified atom stereocenters. The summed E-state index contributed by atoms with van der Waals surface area (Å²) in [6.07, 6.45) is 2.10. The highest BCUT2D eigenvalue weighted by Gasteiger charge is 2.31. The number of ether oxygens (including phenoxy) is 3. The van der Waals surface area contributed by atoms with E-state index >= 15 is 0 Å². The summed E-state index contributed by atoms with van der Waals surface area (Å²) in [7, 11) is 3.37. The predicted octanol–water partition coefficient (Wildman–Crippen LogP) is 6.02. The van der Waals surface area contributed by atoms with Crippen LogP contribution in [-0.4, -0.2) is 19.2 Å². The van der Waals surface area contributed by atoms with Crippen molar-refractivity contribution in [2.45, 2.75) is 12.5 Å². The molecule has 4 nitrogen and oxygen atoms in total. The molecule has 3 aromatic carbocycles. The Hall–Kier alpha value is -2.92. The van der Waals surface area contributed by atoms with E-state index < -0.39 is 0 Å². The molecule has 1 aliphatic heterocycles. The monoisotopic (exact) mass is 449 g/mol. The Labute approximate surface area is 177 Å². The zero-order valence-electron chi connectivity index (χ0n) is 16.2. The minimum absolute atomic E-state index is 0.0444. The zero-order valence-corrected chi connectivity index (χ0v) is 17.7. The van der Waals surface area contributed by atoms with Gasteiger partial charge in [0.25, 0.3) is 0 Å². The van der Waals surface area contributed by atoms with Crippen LogP contribution < -0.4 is 14.2 Å². The van der Waals surface area contributed by atoms with Crippen molar-refractivity contribution >= 4 is 26.8 Å². The van der Waals surface area contributed by atoms with E-state index in [1.54, 1.807) is 14.2 Å². The maximum absolute atomic E-state index is 6.23. The van der Waals surface area contributed by atoms with Crippen LogP contribution in [0.4, 0.5) is 0 Å². The second-order valence-electron chi connectivity index (χ2n) is 7.10. The van der Waals surface area contributed by atoms with Gasteiger partial charge in [-0.2, -0.15) is 0 Å². The van der Waals surface area contributed by atoms with Crippen molar-refractivity contribution in [3.63, 3.8) is 0 Å². The number of para-hydroxylation sites is 1. The van der Waals surface area contributed by atoms with Crippen molar-refractivity contribution in [2.75, 3.05) is 14.2 Å². The van der Waals surface area contributed by atoms with Gasteiger partial charge in [-0.1, -0.05) is 34.1 Å². The maximum Gasteiger partial charge on any atom is 0.127 e. The Morgan fingerprint density at radius 3 is 2.69 bits per heavy atom. The van der Waals surface area contributed by atoms with E-state index in [9.17, 15) is 0 Å². The first-order valence-electron chi connectivity index (χ1n) is 9.42. The van der Waals surface area contributed by atoms with Crippen molar-refractivity contribution in [3.8, 4) is 17.2 Å². The summed E-state index contributed by atoms with van der Waals surface area (Å²) in [5.41, 5.74) is 5.57. The summed E-state index contributed by atoms with van der Waals surface area (Å²) in [6, 6.07) is 18.5. The van der Waals surface area contributed by atoms with Crippen LogP contribution in [0.2, 0.25) is 0 Å². The standard InChI is InChI=1S/C24H20BrNO3/c1-27-16-9-14-13-29-21-8-7-15(25)10-18(21)24(23(14)22(11-16)28-2)19-12-26-20-6-4-3-5-17(19)20/h3-12,24,26H,13H2,1-2H3. The second-order valence-corrected chi connectivity index (χ2v) is 8.01. The van der Waals surface area contributed by atoms with Gasteiger partial charge in [0.2, 0.25) is 0 Å². The van der Waals surface area contributed by atoms with E-state index in [2.05, 4.69) is 51.4 Å². The minimum Gasteiger partial charge on any atom is -0.497 e. The number of fused-ring (bicyclic) bond motifs is 3. The van der Waals surface area contributed by atoms with E-state index in [1.165, 1.54) is 10.9 Å². The number of rotatable bonds is 3. The molecule has 2 heterocycles. The van der Waals surface area contributed by atoms with Gasteiger partial charge in [0.05, 0.1) is 14.2 Å². The van der Waals surface area contributed by atoms with Gasteiger partial charge in [-0.05, 0) is 35.9 Å². The van der Waals surface area contributed by atoms with Gasteiger partial charge in [-0.15, -0.1) is 0 Å². The third kappa shape index (κ3) is 2.97. The Bertz CT molecular complexity index is 1210. The van der Waals surface area contributed by atoms with E-state index in [4.69, 9.17) is 14.2 Å². The fourth-order valence-electron chi connectivity index (χ4n) is 4.23. The first kappa shape index (κ1) is 18.1. The average molecular weight is 450 g/mol. The van der Waals surface area contributed by atoms with Crippen LogP contribution in [0.15, 0.2) is 65.3 Å². The molecule has 1 N–H and O–H groups in total. The largest absolute Gasteiger partial charge is 0.497 e. The Morgan fingerprint density at radius 2 is 1.86 bits per heavy atom. The zero-order chi connectivity index (χ0) is 20.0. The molecule has 0 radical (unpaired) electrons. The molecule has 146 valence electrons. The number of aromatic amines is 1. The van der Waals surface area contributed by atoms with E-state index in [-0.39, 0.29) is 5.92 Å². The molecule has 0 fully saturated rings. The predicted molar refractivity (Wildman–Crippen MR) is 117 cm³/mol. The topological polar surface area (TPSA) is 43.5 Å². The summed E-state index contributed by atoms with van der Waals surface area (Å²) in [5, 5.41) is 1.19. The first-order chi connectivity index (χ1) is 14.2. The van der Waals surface area contributed by atoms with Crippen LogP contribution in [0.25, 0.3) is 10.9 Å². The Morgan fingerprint density at radius 1 is 1.00 bits per heavy atom. The normalized spacial score (nSPS) is 15.2. The first-order valence-corrected chi connectivity index (χ1v) is 10.2. The van der Waals surface area contributed by atoms with Crippen molar-refractivity contribution in [1.29, 1.82) is 0 Å². The molecule has 0 saturated carbocycles. The Balaban J connectivity index is 1.86. The minimum atomic E-state index is -0.0444. The van der Waals surface area contributed by atoms with Crippen LogP contribution in [0.5, 0.6) is 17.2 Å². The summed E-state index contributed by atoms with van der Waals surface area (Å²) < 4.78 is 18.6. The highest BCUT2D eigenvalue weighted by molar-refractivity contribution is 9.10. The molecule has 0 aliphatic carbocycles. The summed E-state index contributed by atoms with van der Waals surface area (Å²) in [4.78, 5) is 3.42. The molecule has 1 aliphatic rings. The average Bonchev–Trinajstić information content (AvgIpc) is 3.10. The highest BCUT2D eigenvalue weighted by Crippen LogP contribution is 2.48. The van der Waals surface area contributed by atoms with Crippen LogP contribution in [0.1, 0.15) is 28.2 Å². The van der Waals surface area contributed by atoms with Gasteiger partial charge in [0, 0.05) is 50.2 Å². The molecule has 0 spiro atoms. The fourth-order valence-corrected chi connectivity index (χ4v) is 4.61. The van der Waals surface area contributed by atoms with Crippen LogP contribution in [0.3, 0.4) is 0 Å². The van der Waals surface area contributed by atoms with E-state index in [0.717, 1.165) is 43.9 Å². The third-order valence-electron chi connectivity index (χ3n) is 5.54. The molecule has 0 bridgehead atoms. The van der Waals surface area contributed by atoms with E-state index in [1.807, 2.05) is 30.3 Å². The number of hydrogen-bond donors (Lipinski definition) is 1. The fraction of sp³-hybridized carbons (Fsp3) is 0.167. The number of aromatic nitrogens is 1. The van der Waals surface area contributed by atoms with Crippen molar-refractivity contribution in [1.82, 2.24) is 4.98 Å². The lowest BCUT2D eigenvalue weighted by molar-refractivity contribution is 0.305. The van der Waals surface area contributed by atoms with Crippen LogP contribution in [0, 0.1) is 0 Å². The molecule has 1 atom stereocenters. The molecule has 1 aromatic heterocycles. The highest BCUT2D eigenvalue weighted by atomic mass is 79.9. The molecule has 0 saturated heterocycles. The summed E-state index contributed by atoms with van der Waals surface area (Å²) >= 11 is 3.64. The summed E-state index contributed by atoms with van der Waals surface area (Å²) in [5.74, 6) is 2.39. The van der Waals surface area contributed by atoms with Crippen LogP contribution >= 0.6 is 15.9 Å². The molecule has 5 heteroatoms. The third-order valence-corrected chi connectivity index (χ3v) is 6.04. The van der Waals surface area contributed by atoms with E-state index in [0.29, 0.717) is 6.61 Å². The van der Waals surface area contributed by atoms with Gasteiger partial charge in [0.15, 0.2) is 0 Å². The van der Waals surface area contributed by atoms with Crippen LogP contribution in [-0.2, 0) is 6.61 Å². The number of benzene rings is 3. The van der Waals surface area contributed by atoms with Gasteiger partial charge in [-0.25, -0.2) is 0 Å². The maximum atomic E-state index is 6.23. The van der Waals surface area contributed by atoms with Gasteiger partial charge in [-0.3, -0.25) is 0 Å². The second kappa shape index (κ2) is 7.16. The molecule has 4 aromatic rings. The molecule has 29 heavy (non-hydrogen) atoms. The van der Waals surface area contributed by atoms with Crippen molar-refractivity contribution in [3.05, 3.63) is 87.5 Å². The number of hydrogen-bond acceptors (Lipinski definition) is 3. The lowest BCUT2D eigenvalue weighted by atomic mass is 9.82. The number of methoxy groups -OCH3 is 2. The summed E-state index contributed by atoms with van der Waals surface area (Å²) in [6.45, 7) is 0.455. The lowest BCUT2D eigenvalue weighted by Crippen LogP contribution is -2.07. The quantitative estimate of drug-likeness (QED) is 0.415.